The molecule has 10 heteroatoms. The maximum absolute atomic E-state index is 13.3. The number of carbonyl (C=O) groups excluding carboxylic acids is 1. The highest BCUT2D eigenvalue weighted by atomic mass is 32.2. The minimum atomic E-state index is -3.15. The van der Waals surface area contributed by atoms with E-state index in [0.717, 1.165) is 12.8 Å². The molecule has 0 unspecified atom stereocenters. The second-order valence-electron chi connectivity index (χ2n) is 7.34. The fraction of sp³-hybridized carbons (Fsp3) is 0.500. The van der Waals surface area contributed by atoms with Crippen LogP contribution in [0.3, 0.4) is 0 Å². The smallest absolute Gasteiger partial charge is 0.271 e. The monoisotopic (exact) mass is 407 g/mol. The number of carbonyl (C=O) groups is 1. The number of nitrogens with one attached hydrogen (secondary N) is 1. The number of nitro benzene ring substituents is 1. The molecule has 2 aliphatic heterocycles. The Hall–Kier alpha value is -2.46. The molecule has 2 saturated heterocycles. The predicted octanol–water partition coefficient (Wildman–Crippen LogP) is 1.88. The third-order valence-electron chi connectivity index (χ3n) is 5.44. The van der Waals surface area contributed by atoms with E-state index in [0.29, 0.717) is 36.0 Å². The lowest BCUT2D eigenvalue weighted by molar-refractivity contribution is -0.384. The first-order valence-electron chi connectivity index (χ1n) is 9.22. The normalized spacial score (nSPS) is 23.9. The number of sulfone groups is 1. The van der Waals surface area contributed by atoms with Crippen molar-refractivity contribution in [3.05, 3.63) is 40.1 Å². The van der Waals surface area contributed by atoms with Gasteiger partial charge in [-0.2, -0.15) is 0 Å². The minimum absolute atomic E-state index is 0.0424. The Bertz CT molecular complexity index is 1030. The van der Waals surface area contributed by atoms with Gasteiger partial charge in [-0.05, 0) is 25.3 Å². The van der Waals surface area contributed by atoms with E-state index in [9.17, 15) is 23.3 Å². The number of H-pyrrole nitrogens is 1. The Kier molecular flexibility index (Phi) is 4.84. The summed E-state index contributed by atoms with van der Waals surface area (Å²) in [6, 6.07) is 3.91. The first-order valence-corrected chi connectivity index (χ1v) is 11.0. The zero-order valence-corrected chi connectivity index (χ0v) is 16.0. The van der Waals surface area contributed by atoms with Crippen molar-refractivity contribution in [3.8, 4) is 0 Å². The average Bonchev–Trinajstić information content (AvgIpc) is 3.38. The van der Waals surface area contributed by atoms with Gasteiger partial charge in [0.05, 0.1) is 33.6 Å². The number of hydrogen-bond acceptors (Lipinski definition) is 6. The highest BCUT2D eigenvalue weighted by Crippen LogP contribution is 2.28. The molecule has 1 aromatic heterocycles. The summed E-state index contributed by atoms with van der Waals surface area (Å²) in [5, 5.41) is 11.5. The standard InChI is InChI=1S/C18H21N3O6S/c22-18(16-9-19-17-8-12(21(23)24)3-4-15(16)17)20(10-14-2-1-6-27-14)13-5-7-28(25,26)11-13/h3-4,8-9,13-14,19H,1-2,5-7,10-11H2/t13-,14+/m0/s1. The molecular formula is C18H21N3O6S. The Morgan fingerprint density at radius 2 is 2.18 bits per heavy atom. The van der Waals surface area contributed by atoms with E-state index in [1.807, 2.05) is 0 Å². The molecule has 150 valence electrons. The van der Waals surface area contributed by atoms with Crippen molar-refractivity contribution in [3.63, 3.8) is 0 Å². The van der Waals surface area contributed by atoms with Gasteiger partial charge in [0.15, 0.2) is 9.84 Å². The van der Waals surface area contributed by atoms with Crippen LogP contribution in [0.4, 0.5) is 5.69 Å². The molecule has 1 aromatic carbocycles. The molecule has 0 spiro atoms. The van der Waals surface area contributed by atoms with Gasteiger partial charge in [-0.1, -0.05) is 0 Å². The topological polar surface area (TPSA) is 123 Å². The van der Waals surface area contributed by atoms with Crippen LogP contribution in [0.25, 0.3) is 10.9 Å². The number of non-ortho nitro benzene ring substituents is 1. The van der Waals surface area contributed by atoms with Gasteiger partial charge in [0.25, 0.3) is 11.6 Å². The van der Waals surface area contributed by atoms with Crippen molar-refractivity contribution in [1.82, 2.24) is 9.88 Å². The maximum atomic E-state index is 13.3. The summed E-state index contributed by atoms with van der Waals surface area (Å²) < 4.78 is 29.6. The van der Waals surface area contributed by atoms with Crippen LogP contribution in [-0.4, -0.2) is 65.9 Å². The second kappa shape index (κ2) is 7.17. The van der Waals surface area contributed by atoms with Crippen LogP contribution in [0.15, 0.2) is 24.4 Å². The van der Waals surface area contributed by atoms with Crippen molar-refractivity contribution < 1.29 is 22.9 Å². The zero-order chi connectivity index (χ0) is 19.9. The maximum Gasteiger partial charge on any atom is 0.271 e. The third-order valence-corrected chi connectivity index (χ3v) is 7.19. The van der Waals surface area contributed by atoms with E-state index < -0.39 is 14.8 Å². The van der Waals surface area contributed by atoms with Crippen molar-refractivity contribution in [2.75, 3.05) is 24.7 Å². The van der Waals surface area contributed by atoms with Crippen LogP contribution in [0.1, 0.15) is 29.6 Å². The molecule has 1 N–H and O–H groups in total. The third kappa shape index (κ3) is 3.61. The Morgan fingerprint density at radius 3 is 2.82 bits per heavy atom. The van der Waals surface area contributed by atoms with Gasteiger partial charge in [-0.3, -0.25) is 14.9 Å². The van der Waals surface area contributed by atoms with Crippen LogP contribution in [-0.2, 0) is 14.6 Å². The van der Waals surface area contributed by atoms with Crippen molar-refractivity contribution in [1.29, 1.82) is 0 Å². The minimum Gasteiger partial charge on any atom is -0.376 e. The summed E-state index contributed by atoms with van der Waals surface area (Å²) in [6.45, 7) is 0.991. The first kappa shape index (κ1) is 18.9. The molecule has 0 bridgehead atoms. The molecule has 0 aliphatic carbocycles. The fourth-order valence-electron chi connectivity index (χ4n) is 3.99. The summed E-state index contributed by atoms with van der Waals surface area (Å²) in [5.41, 5.74) is 0.812. The highest BCUT2D eigenvalue weighted by Gasteiger charge is 2.37. The summed E-state index contributed by atoms with van der Waals surface area (Å²) >= 11 is 0. The Balaban J connectivity index is 1.66. The number of benzene rings is 1. The molecule has 2 aromatic rings. The van der Waals surface area contributed by atoms with E-state index >= 15 is 0 Å². The second-order valence-corrected chi connectivity index (χ2v) is 9.57. The number of aromatic nitrogens is 1. The van der Waals surface area contributed by atoms with Crippen LogP contribution in [0, 0.1) is 10.1 Å². The molecule has 2 fully saturated rings. The van der Waals surface area contributed by atoms with Gasteiger partial charge in [-0.25, -0.2) is 8.42 Å². The lowest BCUT2D eigenvalue weighted by Gasteiger charge is -2.30. The van der Waals surface area contributed by atoms with Crippen molar-refractivity contribution >= 4 is 32.3 Å². The predicted molar refractivity (Wildman–Crippen MR) is 102 cm³/mol. The SMILES string of the molecule is O=C(c1c[nH]c2cc([N+](=O)[O-])ccc12)N(C[C@H]1CCCO1)[C@H]1CCS(=O)(=O)C1. The molecule has 9 nitrogen and oxygen atoms in total. The number of amides is 1. The van der Waals surface area contributed by atoms with Gasteiger partial charge >= 0.3 is 0 Å². The molecule has 0 saturated carbocycles. The quantitative estimate of drug-likeness (QED) is 0.596. The Labute approximate surface area is 161 Å². The molecule has 2 aliphatic rings. The van der Waals surface area contributed by atoms with Crippen LogP contribution in [0.5, 0.6) is 0 Å². The lowest BCUT2D eigenvalue weighted by atomic mass is 10.1. The Morgan fingerprint density at radius 1 is 1.36 bits per heavy atom. The van der Waals surface area contributed by atoms with Gasteiger partial charge in [0, 0.05) is 42.9 Å². The van der Waals surface area contributed by atoms with E-state index in [1.165, 1.54) is 18.3 Å². The summed E-state index contributed by atoms with van der Waals surface area (Å²) in [6.07, 6.45) is 3.60. The summed E-state index contributed by atoms with van der Waals surface area (Å²) in [7, 11) is -3.15. The number of hydrogen-bond donors (Lipinski definition) is 1. The largest absolute Gasteiger partial charge is 0.376 e. The highest BCUT2D eigenvalue weighted by molar-refractivity contribution is 7.91. The molecule has 2 atom stereocenters. The molecule has 28 heavy (non-hydrogen) atoms. The molecule has 3 heterocycles. The summed E-state index contributed by atoms with van der Waals surface area (Å²) in [4.78, 5) is 28.4. The number of aromatic amines is 1. The van der Waals surface area contributed by atoms with Gasteiger partial charge in [-0.15, -0.1) is 0 Å². The first-order chi connectivity index (χ1) is 13.3. The van der Waals surface area contributed by atoms with Crippen LogP contribution < -0.4 is 0 Å². The average molecular weight is 407 g/mol. The number of rotatable bonds is 5. The number of fused-ring (bicyclic) bond motifs is 1. The number of nitro groups is 1. The van der Waals surface area contributed by atoms with Gasteiger partial charge < -0.3 is 14.6 Å². The van der Waals surface area contributed by atoms with Crippen molar-refractivity contribution in [2.24, 2.45) is 0 Å². The van der Waals surface area contributed by atoms with E-state index in [-0.39, 0.29) is 35.2 Å². The number of nitrogens with zero attached hydrogens (tertiary/aromatic N) is 2. The fourth-order valence-corrected chi connectivity index (χ4v) is 5.72. The molecular weight excluding hydrogens is 386 g/mol. The summed E-state index contributed by atoms with van der Waals surface area (Å²) in [5.74, 6) is -0.246. The van der Waals surface area contributed by atoms with Crippen LogP contribution in [0.2, 0.25) is 0 Å². The molecule has 1 amide bonds. The zero-order valence-electron chi connectivity index (χ0n) is 15.2. The lowest BCUT2D eigenvalue weighted by Crippen LogP contribution is -2.45. The van der Waals surface area contributed by atoms with E-state index in [4.69, 9.17) is 4.74 Å². The van der Waals surface area contributed by atoms with E-state index in [1.54, 1.807) is 11.0 Å². The van der Waals surface area contributed by atoms with Crippen LogP contribution >= 0.6 is 0 Å². The molecule has 0 radical (unpaired) electrons. The van der Waals surface area contributed by atoms with Crippen molar-refractivity contribution in [2.45, 2.75) is 31.4 Å². The van der Waals surface area contributed by atoms with E-state index in [2.05, 4.69) is 4.98 Å². The van der Waals surface area contributed by atoms with Gasteiger partial charge in [0.2, 0.25) is 0 Å². The van der Waals surface area contributed by atoms with Gasteiger partial charge in [0.1, 0.15) is 0 Å². The number of ether oxygens (including phenoxy) is 1. The molecule has 4 rings (SSSR count).